The van der Waals surface area contributed by atoms with Crippen LogP contribution in [0.3, 0.4) is 0 Å². The van der Waals surface area contributed by atoms with Crippen molar-refractivity contribution in [3.8, 4) is 0 Å². The van der Waals surface area contributed by atoms with Crippen molar-refractivity contribution in [2.75, 3.05) is 40.3 Å². The molecule has 1 rings (SSSR count). The van der Waals surface area contributed by atoms with Gasteiger partial charge in [0, 0.05) is 19.7 Å². The molecule has 0 radical (unpaired) electrons. The molecule has 1 amide bonds. The summed E-state index contributed by atoms with van der Waals surface area (Å²) in [6.45, 7) is 7.54. The van der Waals surface area contributed by atoms with Gasteiger partial charge in [-0.15, -0.1) is 12.4 Å². The van der Waals surface area contributed by atoms with Gasteiger partial charge in [-0.1, -0.05) is 20.3 Å². The third-order valence-electron chi connectivity index (χ3n) is 4.40. The number of amides is 1. The zero-order valence-corrected chi connectivity index (χ0v) is 15.4. The van der Waals surface area contributed by atoms with Gasteiger partial charge in [-0.05, 0) is 45.8 Å². The first-order chi connectivity index (χ1) is 9.95. The fourth-order valence-corrected chi connectivity index (χ4v) is 2.58. The van der Waals surface area contributed by atoms with Gasteiger partial charge in [-0.3, -0.25) is 4.79 Å². The second-order valence-corrected chi connectivity index (χ2v) is 6.46. The lowest BCUT2D eigenvalue weighted by molar-refractivity contribution is -0.136. The number of hydrogen-bond donors (Lipinski definition) is 1. The highest BCUT2D eigenvalue weighted by Crippen LogP contribution is 2.17. The van der Waals surface area contributed by atoms with Crippen molar-refractivity contribution < 1.29 is 9.53 Å². The Bertz CT molecular complexity index is 308. The van der Waals surface area contributed by atoms with E-state index in [1.54, 1.807) is 0 Å². The van der Waals surface area contributed by atoms with Gasteiger partial charge >= 0.3 is 0 Å². The SMILES string of the molecule is CCC(C)C(N)C(=O)N1CCC(OCCCN(C)C)CC1.Cl. The van der Waals surface area contributed by atoms with Crippen LogP contribution in [0.15, 0.2) is 0 Å². The summed E-state index contributed by atoms with van der Waals surface area (Å²) in [6, 6.07) is -0.354. The number of likely N-dealkylation sites (tertiary alicyclic amines) is 1. The number of carbonyl (C=O) groups is 1. The maximum absolute atomic E-state index is 12.3. The van der Waals surface area contributed by atoms with Gasteiger partial charge in [0.15, 0.2) is 0 Å². The van der Waals surface area contributed by atoms with Crippen molar-refractivity contribution in [3.05, 3.63) is 0 Å². The average Bonchev–Trinajstić information content (AvgIpc) is 2.49. The summed E-state index contributed by atoms with van der Waals surface area (Å²) in [5.74, 6) is 0.355. The molecule has 1 saturated heterocycles. The quantitative estimate of drug-likeness (QED) is 0.686. The summed E-state index contributed by atoms with van der Waals surface area (Å²) in [6.07, 6.45) is 4.17. The van der Waals surface area contributed by atoms with Gasteiger partial charge in [0.05, 0.1) is 12.1 Å². The first-order valence-corrected chi connectivity index (χ1v) is 8.26. The van der Waals surface area contributed by atoms with E-state index in [0.717, 1.165) is 51.9 Å². The summed E-state index contributed by atoms with van der Waals surface area (Å²) in [7, 11) is 4.15. The predicted octanol–water partition coefficient (Wildman–Crippen LogP) is 1.74. The van der Waals surface area contributed by atoms with E-state index in [1.807, 2.05) is 11.8 Å². The van der Waals surface area contributed by atoms with E-state index in [-0.39, 0.29) is 30.3 Å². The third kappa shape index (κ3) is 7.27. The number of ether oxygens (including phenoxy) is 1. The molecule has 1 aliphatic heterocycles. The van der Waals surface area contributed by atoms with Gasteiger partial charge in [-0.25, -0.2) is 0 Å². The summed E-state index contributed by atoms with van der Waals surface area (Å²) < 4.78 is 5.89. The van der Waals surface area contributed by atoms with Gasteiger partial charge in [0.1, 0.15) is 0 Å². The van der Waals surface area contributed by atoms with Crippen LogP contribution in [0.25, 0.3) is 0 Å². The number of nitrogens with two attached hydrogens (primary N) is 1. The van der Waals surface area contributed by atoms with E-state index < -0.39 is 0 Å². The number of piperidine rings is 1. The number of nitrogens with zero attached hydrogens (tertiary/aromatic N) is 2. The molecule has 132 valence electrons. The average molecular weight is 336 g/mol. The number of carbonyl (C=O) groups excluding carboxylic acids is 1. The van der Waals surface area contributed by atoms with Gasteiger partial charge in [-0.2, -0.15) is 0 Å². The summed E-state index contributed by atoms with van der Waals surface area (Å²) in [4.78, 5) is 16.4. The van der Waals surface area contributed by atoms with Crippen LogP contribution in [0.1, 0.15) is 39.5 Å². The van der Waals surface area contributed by atoms with Crippen LogP contribution in [0.5, 0.6) is 0 Å². The third-order valence-corrected chi connectivity index (χ3v) is 4.40. The first-order valence-electron chi connectivity index (χ1n) is 8.26. The Hall–Kier alpha value is -0.360. The number of halogens is 1. The van der Waals surface area contributed by atoms with E-state index in [4.69, 9.17) is 10.5 Å². The van der Waals surface area contributed by atoms with Crippen molar-refractivity contribution in [1.82, 2.24) is 9.80 Å². The minimum absolute atomic E-state index is 0. The standard InChI is InChI=1S/C16H33N3O2.ClH/c1-5-13(2)15(17)16(20)19-10-7-14(8-11-19)21-12-6-9-18(3)4;/h13-15H,5-12,17H2,1-4H3;1H. The largest absolute Gasteiger partial charge is 0.378 e. The Balaban J connectivity index is 0.00000441. The highest BCUT2D eigenvalue weighted by atomic mass is 35.5. The fourth-order valence-electron chi connectivity index (χ4n) is 2.58. The molecular formula is C16H34ClN3O2. The van der Waals surface area contributed by atoms with Crippen LogP contribution < -0.4 is 5.73 Å². The molecule has 0 aromatic rings. The van der Waals surface area contributed by atoms with Crippen molar-refractivity contribution >= 4 is 18.3 Å². The molecule has 2 N–H and O–H groups in total. The van der Waals surface area contributed by atoms with Crippen LogP contribution >= 0.6 is 12.4 Å². The second kappa shape index (κ2) is 11.2. The lowest BCUT2D eigenvalue weighted by Gasteiger charge is -2.34. The van der Waals surface area contributed by atoms with Crippen LogP contribution in [0.2, 0.25) is 0 Å². The van der Waals surface area contributed by atoms with E-state index in [0.29, 0.717) is 6.10 Å². The predicted molar refractivity (Wildman–Crippen MR) is 93.4 cm³/mol. The van der Waals surface area contributed by atoms with E-state index in [1.165, 1.54) is 0 Å². The molecule has 5 nitrogen and oxygen atoms in total. The van der Waals surface area contributed by atoms with Crippen molar-refractivity contribution in [1.29, 1.82) is 0 Å². The molecule has 2 unspecified atom stereocenters. The maximum atomic E-state index is 12.3. The maximum Gasteiger partial charge on any atom is 0.239 e. The van der Waals surface area contributed by atoms with Gasteiger partial charge in [0.2, 0.25) is 5.91 Å². The Morgan fingerprint density at radius 2 is 1.95 bits per heavy atom. The van der Waals surface area contributed by atoms with Crippen LogP contribution in [-0.4, -0.2) is 68.2 Å². The Morgan fingerprint density at radius 1 is 1.36 bits per heavy atom. The summed E-state index contributed by atoms with van der Waals surface area (Å²) in [5, 5.41) is 0. The fraction of sp³-hybridized carbons (Fsp3) is 0.938. The lowest BCUT2D eigenvalue weighted by atomic mass is 9.97. The molecule has 0 bridgehead atoms. The van der Waals surface area contributed by atoms with E-state index in [2.05, 4.69) is 25.9 Å². The molecule has 0 aromatic heterocycles. The van der Waals surface area contributed by atoms with Gasteiger partial charge < -0.3 is 20.3 Å². The minimum Gasteiger partial charge on any atom is -0.378 e. The Kier molecular flexibility index (Phi) is 11.0. The molecule has 22 heavy (non-hydrogen) atoms. The van der Waals surface area contributed by atoms with Crippen molar-refractivity contribution in [3.63, 3.8) is 0 Å². The zero-order valence-electron chi connectivity index (χ0n) is 14.6. The van der Waals surface area contributed by atoms with Gasteiger partial charge in [0.25, 0.3) is 0 Å². The van der Waals surface area contributed by atoms with Crippen LogP contribution in [0, 0.1) is 5.92 Å². The molecule has 2 atom stereocenters. The zero-order chi connectivity index (χ0) is 15.8. The second-order valence-electron chi connectivity index (χ2n) is 6.46. The van der Waals surface area contributed by atoms with Crippen LogP contribution in [0.4, 0.5) is 0 Å². The number of rotatable bonds is 8. The van der Waals surface area contributed by atoms with E-state index >= 15 is 0 Å². The highest BCUT2D eigenvalue weighted by Gasteiger charge is 2.28. The van der Waals surface area contributed by atoms with Crippen molar-refractivity contribution in [2.24, 2.45) is 11.7 Å². The minimum atomic E-state index is -0.354. The highest BCUT2D eigenvalue weighted by molar-refractivity contribution is 5.85. The first kappa shape index (κ1) is 21.6. The summed E-state index contributed by atoms with van der Waals surface area (Å²) >= 11 is 0. The molecular weight excluding hydrogens is 302 g/mol. The molecule has 0 aliphatic carbocycles. The number of hydrogen-bond acceptors (Lipinski definition) is 4. The Labute approximate surface area is 141 Å². The smallest absolute Gasteiger partial charge is 0.239 e. The van der Waals surface area contributed by atoms with E-state index in [9.17, 15) is 4.79 Å². The molecule has 0 aromatic carbocycles. The van der Waals surface area contributed by atoms with Crippen molar-refractivity contribution in [2.45, 2.75) is 51.7 Å². The molecule has 0 spiro atoms. The summed E-state index contributed by atoms with van der Waals surface area (Å²) in [5.41, 5.74) is 6.04. The molecule has 1 aliphatic rings. The normalized spacial score (nSPS) is 18.9. The Morgan fingerprint density at radius 3 is 2.45 bits per heavy atom. The molecule has 6 heteroatoms. The molecule has 1 heterocycles. The molecule has 1 fully saturated rings. The topological polar surface area (TPSA) is 58.8 Å². The lowest BCUT2D eigenvalue weighted by Crippen LogP contribution is -2.50. The van der Waals surface area contributed by atoms with Crippen LogP contribution in [-0.2, 0) is 9.53 Å². The monoisotopic (exact) mass is 335 g/mol. The molecule has 0 saturated carbocycles.